The maximum Gasteiger partial charge on any atom is 0.122 e. The number of nitrogen functional groups attached to an aromatic ring is 1. The minimum atomic E-state index is 0.346. The maximum absolute atomic E-state index is 6.02. The standard InChI is InChI=1S/C17H22N2O2/c1-12(2)19-17-9-8-15(10-16(17)18)21-11-13-4-6-14(20-3)7-5-13/h4-10,12,19H,11,18H2,1-3H3. The zero-order valence-corrected chi connectivity index (χ0v) is 12.7. The lowest BCUT2D eigenvalue weighted by Gasteiger charge is -2.14. The highest BCUT2D eigenvalue weighted by Gasteiger charge is 2.03. The Kier molecular flexibility index (Phi) is 4.93. The van der Waals surface area contributed by atoms with E-state index in [4.69, 9.17) is 15.2 Å². The Morgan fingerprint density at radius 1 is 1.05 bits per heavy atom. The predicted octanol–water partition coefficient (Wildman–Crippen LogP) is 3.68. The average molecular weight is 286 g/mol. The van der Waals surface area contributed by atoms with Crippen molar-refractivity contribution in [3.05, 3.63) is 48.0 Å². The van der Waals surface area contributed by atoms with Crippen LogP contribution in [-0.2, 0) is 6.61 Å². The first-order chi connectivity index (χ1) is 10.1. The third-order valence-electron chi connectivity index (χ3n) is 3.03. The fourth-order valence-electron chi connectivity index (χ4n) is 1.96. The summed E-state index contributed by atoms with van der Waals surface area (Å²) in [5.41, 5.74) is 8.72. The molecule has 4 heteroatoms. The summed E-state index contributed by atoms with van der Waals surface area (Å²) >= 11 is 0. The van der Waals surface area contributed by atoms with Gasteiger partial charge in [-0.15, -0.1) is 0 Å². The highest BCUT2D eigenvalue weighted by atomic mass is 16.5. The van der Waals surface area contributed by atoms with E-state index in [9.17, 15) is 0 Å². The van der Waals surface area contributed by atoms with E-state index in [2.05, 4.69) is 19.2 Å². The summed E-state index contributed by atoms with van der Waals surface area (Å²) < 4.78 is 10.9. The van der Waals surface area contributed by atoms with Gasteiger partial charge in [0.2, 0.25) is 0 Å². The van der Waals surface area contributed by atoms with Gasteiger partial charge in [0.25, 0.3) is 0 Å². The molecule has 0 saturated carbocycles. The number of anilines is 2. The number of hydrogen-bond donors (Lipinski definition) is 2. The quantitative estimate of drug-likeness (QED) is 0.795. The number of ether oxygens (including phenoxy) is 2. The van der Waals surface area contributed by atoms with E-state index in [-0.39, 0.29) is 0 Å². The number of nitrogens with two attached hydrogens (primary N) is 1. The van der Waals surface area contributed by atoms with Gasteiger partial charge in [0.15, 0.2) is 0 Å². The van der Waals surface area contributed by atoms with Crippen LogP contribution in [0.25, 0.3) is 0 Å². The smallest absolute Gasteiger partial charge is 0.122 e. The number of nitrogens with one attached hydrogen (secondary N) is 1. The van der Waals surface area contributed by atoms with Crippen LogP contribution in [0.1, 0.15) is 19.4 Å². The Balaban J connectivity index is 1.98. The predicted molar refractivity (Wildman–Crippen MR) is 86.9 cm³/mol. The molecule has 0 fully saturated rings. The molecule has 0 unspecified atom stereocenters. The average Bonchev–Trinajstić information content (AvgIpc) is 2.48. The third-order valence-corrected chi connectivity index (χ3v) is 3.03. The molecular weight excluding hydrogens is 264 g/mol. The summed E-state index contributed by atoms with van der Waals surface area (Å²) in [5, 5.41) is 3.29. The van der Waals surface area contributed by atoms with Crippen LogP contribution >= 0.6 is 0 Å². The van der Waals surface area contributed by atoms with E-state index in [1.165, 1.54) is 0 Å². The highest BCUT2D eigenvalue weighted by Crippen LogP contribution is 2.25. The third kappa shape index (κ3) is 4.31. The molecule has 4 nitrogen and oxygen atoms in total. The van der Waals surface area contributed by atoms with Crippen molar-refractivity contribution < 1.29 is 9.47 Å². The summed E-state index contributed by atoms with van der Waals surface area (Å²) in [6.45, 7) is 4.65. The molecule has 0 atom stereocenters. The number of benzene rings is 2. The maximum atomic E-state index is 6.02. The fourth-order valence-corrected chi connectivity index (χ4v) is 1.96. The molecule has 21 heavy (non-hydrogen) atoms. The van der Waals surface area contributed by atoms with E-state index in [0.29, 0.717) is 18.3 Å². The van der Waals surface area contributed by atoms with Gasteiger partial charge in [0.05, 0.1) is 18.5 Å². The lowest BCUT2D eigenvalue weighted by atomic mass is 10.2. The van der Waals surface area contributed by atoms with Crippen molar-refractivity contribution in [1.82, 2.24) is 0 Å². The molecule has 0 bridgehead atoms. The first kappa shape index (κ1) is 15.0. The normalized spacial score (nSPS) is 10.5. The van der Waals surface area contributed by atoms with Crippen molar-refractivity contribution >= 4 is 11.4 Å². The van der Waals surface area contributed by atoms with Gasteiger partial charge in [-0.1, -0.05) is 12.1 Å². The van der Waals surface area contributed by atoms with Gasteiger partial charge >= 0.3 is 0 Å². The van der Waals surface area contributed by atoms with Gasteiger partial charge < -0.3 is 20.5 Å². The minimum absolute atomic E-state index is 0.346. The fraction of sp³-hybridized carbons (Fsp3) is 0.294. The molecule has 0 aliphatic rings. The SMILES string of the molecule is COc1ccc(COc2ccc(NC(C)C)c(N)c2)cc1. The molecule has 0 aliphatic carbocycles. The zero-order chi connectivity index (χ0) is 15.2. The summed E-state index contributed by atoms with van der Waals surface area (Å²) in [6.07, 6.45) is 0. The van der Waals surface area contributed by atoms with Gasteiger partial charge in [-0.3, -0.25) is 0 Å². The molecule has 0 heterocycles. The summed E-state index contributed by atoms with van der Waals surface area (Å²) in [7, 11) is 1.65. The van der Waals surface area contributed by atoms with Crippen molar-refractivity contribution in [3.63, 3.8) is 0 Å². The van der Waals surface area contributed by atoms with Crippen LogP contribution in [0.4, 0.5) is 11.4 Å². The van der Waals surface area contributed by atoms with E-state index < -0.39 is 0 Å². The zero-order valence-electron chi connectivity index (χ0n) is 12.7. The Bertz CT molecular complexity index is 580. The molecule has 0 radical (unpaired) electrons. The van der Waals surface area contributed by atoms with Gasteiger partial charge in [-0.25, -0.2) is 0 Å². The van der Waals surface area contributed by atoms with Gasteiger partial charge in [-0.2, -0.15) is 0 Å². The van der Waals surface area contributed by atoms with Crippen LogP contribution in [-0.4, -0.2) is 13.2 Å². The second kappa shape index (κ2) is 6.88. The first-order valence-electron chi connectivity index (χ1n) is 7.00. The highest BCUT2D eigenvalue weighted by molar-refractivity contribution is 5.68. The van der Waals surface area contributed by atoms with Crippen molar-refractivity contribution in [1.29, 1.82) is 0 Å². The Labute approximate surface area is 125 Å². The van der Waals surface area contributed by atoms with Gasteiger partial charge in [0.1, 0.15) is 18.1 Å². The summed E-state index contributed by atoms with van der Waals surface area (Å²) in [4.78, 5) is 0. The van der Waals surface area contributed by atoms with Crippen LogP contribution < -0.4 is 20.5 Å². The van der Waals surface area contributed by atoms with Crippen LogP contribution in [0.5, 0.6) is 11.5 Å². The second-order valence-corrected chi connectivity index (χ2v) is 5.18. The van der Waals surface area contributed by atoms with E-state index in [0.717, 1.165) is 22.7 Å². The molecule has 0 amide bonds. The lowest BCUT2D eigenvalue weighted by Crippen LogP contribution is -2.11. The second-order valence-electron chi connectivity index (χ2n) is 5.18. The Morgan fingerprint density at radius 2 is 1.71 bits per heavy atom. The molecule has 0 aliphatic heterocycles. The summed E-state index contributed by atoms with van der Waals surface area (Å²) in [6, 6.07) is 13.9. The number of hydrogen-bond acceptors (Lipinski definition) is 4. The molecule has 0 aromatic heterocycles. The number of methoxy groups -OCH3 is 1. The van der Waals surface area contributed by atoms with E-state index >= 15 is 0 Å². The monoisotopic (exact) mass is 286 g/mol. The minimum Gasteiger partial charge on any atom is -0.497 e. The first-order valence-corrected chi connectivity index (χ1v) is 7.00. The van der Waals surface area contributed by atoms with Gasteiger partial charge in [0, 0.05) is 12.1 Å². The Hall–Kier alpha value is -2.36. The largest absolute Gasteiger partial charge is 0.497 e. The van der Waals surface area contributed by atoms with Crippen LogP contribution in [0, 0.1) is 0 Å². The van der Waals surface area contributed by atoms with Crippen molar-refractivity contribution in [2.45, 2.75) is 26.5 Å². The van der Waals surface area contributed by atoms with Gasteiger partial charge in [-0.05, 0) is 43.7 Å². The molecule has 0 saturated heterocycles. The summed E-state index contributed by atoms with van der Waals surface area (Å²) in [5.74, 6) is 1.60. The molecule has 112 valence electrons. The topological polar surface area (TPSA) is 56.5 Å². The van der Waals surface area contributed by atoms with E-state index in [1.54, 1.807) is 7.11 Å². The van der Waals surface area contributed by atoms with Crippen LogP contribution in [0.15, 0.2) is 42.5 Å². The van der Waals surface area contributed by atoms with Crippen molar-refractivity contribution in [2.24, 2.45) is 0 Å². The molecule has 0 spiro atoms. The van der Waals surface area contributed by atoms with Crippen LogP contribution in [0.3, 0.4) is 0 Å². The number of rotatable bonds is 6. The molecule has 2 aromatic carbocycles. The molecule has 2 rings (SSSR count). The molecule has 2 aromatic rings. The molecule has 3 N–H and O–H groups in total. The Morgan fingerprint density at radius 3 is 2.29 bits per heavy atom. The lowest BCUT2D eigenvalue weighted by molar-refractivity contribution is 0.306. The van der Waals surface area contributed by atoms with Crippen molar-refractivity contribution in [3.8, 4) is 11.5 Å². The molecular formula is C17H22N2O2. The van der Waals surface area contributed by atoms with Crippen molar-refractivity contribution in [2.75, 3.05) is 18.2 Å². The van der Waals surface area contributed by atoms with Crippen LogP contribution in [0.2, 0.25) is 0 Å². The van der Waals surface area contributed by atoms with E-state index in [1.807, 2.05) is 42.5 Å².